The number of anilines is 5. The number of pyridine rings is 1. The average molecular weight is 1150 g/mol. The van der Waals surface area contributed by atoms with Gasteiger partial charge in [0, 0.05) is 86.7 Å². The third kappa shape index (κ3) is 9.71. The second kappa shape index (κ2) is 21.8. The summed E-state index contributed by atoms with van der Waals surface area (Å²) in [5.41, 5.74) is 5.79. The van der Waals surface area contributed by atoms with Crippen LogP contribution >= 0.6 is 0 Å². The van der Waals surface area contributed by atoms with Gasteiger partial charge in [0.2, 0.25) is 17.7 Å². The lowest BCUT2D eigenvalue weighted by Gasteiger charge is -2.48. The summed E-state index contributed by atoms with van der Waals surface area (Å²) in [6, 6.07) is 15.3. The fourth-order valence-corrected chi connectivity index (χ4v) is 13.9. The monoisotopic (exact) mass is 1150 g/mol. The number of aromatic nitrogens is 5. The van der Waals surface area contributed by atoms with E-state index in [-0.39, 0.29) is 71.2 Å². The number of imide groups is 2. The molecule has 440 valence electrons. The first-order chi connectivity index (χ1) is 41.0. The van der Waals surface area contributed by atoms with Crippen LogP contribution < -0.4 is 30.7 Å². The van der Waals surface area contributed by atoms with Gasteiger partial charge in [-0.2, -0.15) is 0 Å². The van der Waals surface area contributed by atoms with Gasteiger partial charge in [-0.1, -0.05) is 24.6 Å². The van der Waals surface area contributed by atoms with E-state index < -0.39 is 40.9 Å². The van der Waals surface area contributed by atoms with Crippen molar-refractivity contribution in [3.05, 3.63) is 113 Å². The number of carbonyl (C=O) groups is 7. The third-order valence-electron chi connectivity index (χ3n) is 18.5. The van der Waals surface area contributed by atoms with Gasteiger partial charge in [-0.3, -0.25) is 43.8 Å². The molecule has 21 nitrogen and oxygen atoms in total. The van der Waals surface area contributed by atoms with Gasteiger partial charge in [-0.25, -0.2) is 24.3 Å². The Morgan fingerprint density at radius 3 is 2.24 bits per heavy atom. The van der Waals surface area contributed by atoms with Gasteiger partial charge in [0.1, 0.15) is 28.9 Å². The summed E-state index contributed by atoms with van der Waals surface area (Å²) >= 11 is 0. The van der Waals surface area contributed by atoms with E-state index in [4.69, 9.17) is 15.0 Å². The normalized spacial score (nSPS) is 21.5. The molecule has 1 unspecified atom stereocenters. The zero-order valence-electron chi connectivity index (χ0n) is 48.5. The van der Waals surface area contributed by atoms with E-state index in [9.17, 15) is 28.8 Å². The van der Waals surface area contributed by atoms with Gasteiger partial charge in [0.25, 0.3) is 23.6 Å². The number of benzene rings is 3. The van der Waals surface area contributed by atoms with Crippen LogP contribution in [0, 0.1) is 12.7 Å². The first kappa shape index (κ1) is 55.5. The molecule has 85 heavy (non-hydrogen) atoms. The van der Waals surface area contributed by atoms with Crippen LogP contribution in [0.2, 0.25) is 0 Å². The lowest BCUT2D eigenvalue weighted by Crippen LogP contribution is -2.58. The maximum absolute atomic E-state index is 16.0. The Bertz CT molecular complexity index is 3740. The van der Waals surface area contributed by atoms with E-state index in [0.717, 1.165) is 47.6 Å². The zero-order valence-corrected chi connectivity index (χ0v) is 48.5. The minimum Gasteiger partial charge on any atom is -0.367 e. The summed E-state index contributed by atoms with van der Waals surface area (Å²) in [6.07, 6.45) is 11.1. The number of rotatable bonds is 12. The number of hydrogen-bond acceptors (Lipinski definition) is 15. The second-order valence-corrected chi connectivity index (χ2v) is 24.4. The molecule has 5 fully saturated rings. The van der Waals surface area contributed by atoms with Crippen LogP contribution in [0.1, 0.15) is 144 Å². The SMILES string of the molecule is Cc1cc(F)c(Nc2nc(-c3ccc4c(c3)N(C3CC(N5CCCCC5)C3)C(=O)C43CCN(C(=O)c4cnc(N5CCN(c6cccc7c6C(=O)N(C6CCC(=O)NC6=O)C7=O)CC5)cn4)CC3)cc3ncn(C(C)C)c23)cc1C(=O)NC(C)C. The van der Waals surface area contributed by atoms with E-state index in [0.29, 0.717) is 103 Å². The van der Waals surface area contributed by atoms with Crippen molar-refractivity contribution in [2.24, 2.45) is 0 Å². The predicted octanol–water partition coefficient (Wildman–Crippen LogP) is 7.06. The molecule has 7 aliphatic rings. The van der Waals surface area contributed by atoms with Gasteiger partial charge in [-0.15, -0.1) is 0 Å². The number of piperidine rings is 3. The smallest absolute Gasteiger partial charge is 0.274 e. The van der Waals surface area contributed by atoms with Crippen molar-refractivity contribution in [1.29, 1.82) is 0 Å². The van der Waals surface area contributed by atoms with Crippen molar-refractivity contribution in [1.82, 2.24) is 49.8 Å². The first-order valence-electron chi connectivity index (χ1n) is 29.9. The molecule has 1 spiro atoms. The topological polar surface area (TPSA) is 232 Å². The number of likely N-dealkylation sites (tertiary alicyclic amines) is 2. The molecule has 1 aliphatic carbocycles. The molecule has 3 aromatic heterocycles. The van der Waals surface area contributed by atoms with E-state index in [1.165, 1.54) is 37.6 Å². The Morgan fingerprint density at radius 2 is 1.53 bits per heavy atom. The highest BCUT2D eigenvalue weighted by Gasteiger charge is 2.56. The largest absolute Gasteiger partial charge is 0.367 e. The number of piperazine rings is 1. The Balaban J connectivity index is 0.726. The summed E-state index contributed by atoms with van der Waals surface area (Å²) in [6.45, 7) is 14.3. The van der Waals surface area contributed by atoms with Crippen LogP contribution in [0.25, 0.3) is 22.3 Å². The van der Waals surface area contributed by atoms with Gasteiger partial charge in [0.05, 0.1) is 57.8 Å². The molecule has 7 amide bonds. The molecule has 6 aliphatic heterocycles. The standard InChI is InChI=1S/C63H69FN14O7/c1-35(2)68-57(80)42-30-46(44(64)26-37(42)5)70-56-55-47(67-34-76(55)36(3)4)31-45(69-56)38-12-13-43-51(27-38)77(40-28-39(29-40)72-18-7-6-8-19-72)62(85)63(43)16-20-75(21-17-63)60(83)48-32-66-52(33-65-48)74-24-22-73(23-25-74)49-11-9-10-41-54(49)61(84)78(59(41)82)50-14-15-53(79)71-58(50)81/h9-13,26-27,30-36,39-40,50H,6-8,14-25,28-29H2,1-5H3,(H,68,80)(H,69,70)(H,71,79,81). The zero-order chi connectivity index (χ0) is 59.2. The van der Waals surface area contributed by atoms with E-state index in [1.54, 1.807) is 42.5 Å². The van der Waals surface area contributed by atoms with Gasteiger partial charge < -0.3 is 39.7 Å². The van der Waals surface area contributed by atoms with Gasteiger partial charge in [-0.05, 0) is 140 Å². The van der Waals surface area contributed by atoms with Crippen LogP contribution in [0.5, 0.6) is 0 Å². The lowest BCUT2D eigenvalue weighted by atomic mass is 9.73. The summed E-state index contributed by atoms with van der Waals surface area (Å²) < 4.78 is 17.9. The average Bonchev–Trinajstić information content (AvgIpc) is 1.71. The Kier molecular flexibility index (Phi) is 14.2. The summed E-state index contributed by atoms with van der Waals surface area (Å²) in [7, 11) is 0. The van der Waals surface area contributed by atoms with Crippen LogP contribution in [0.15, 0.2) is 73.3 Å². The number of hydrogen-bond donors (Lipinski definition) is 3. The van der Waals surface area contributed by atoms with Crippen molar-refractivity contribution < 1.29 is 38.0 Å². The molecule has 0 radical (unpaired) electrons. The van der Waals surface area contributed by atoms with Crippen molar-refractivity contribution in [2.75, 3.05) is 72.4 Å². The first-order valence-corrected chi connectivity index (χ1v) is 29.9. The number of nitrogens with one attached hydrogen (secondary N) is 3. The minimum absolute atomic E-state index is 0.00279. The van der Waals surface area contributed by atoms with Crippen molar-refractivity contribution >= 4 is 81.1 Å². The second-order valence-electron chi connectivity index (χ2n) is 24.4. The third-order valence-corrected chi connectivity index (χ3v) is 18.5. The van der Waals surface area contributed by atoms with Crippen LogP contribution in [-0.4, -0.2) is 157 Å². The molecule has 13 rings (SSSR count). The number of aryl methyl sites for hydroxylation is 1. The number of carbonyl (C=O) groups excluding carboxylic acids is 7. The fourth-order valence-electron chi connectivity index (χ4n) is 13.9. The Hall–Kier alpha value is -8.66. The lowest BCUT2D eigenvalue weighted by molar-refractivity contribution is -0.136. The minimum atomic E-state index is -1.06. The van der Waals surface area contributed by atoms with Crippen LogP contribution in [0.4, 0.5) is 33.1 Å². The molecular formula is C63H69FN14O7. The number of halogens is 1. The number of imidazole rings is 1. The van der Waals surface area contributed by atoms with Crippen LogP contribution in [0.3, 0.4) is 0 Å². The highest BCUT2D eigenvalue weighted by Crippen LogP contribution is 2.52. The Morgan fingerprint density at radius 1 is 0.776 bits per heavy atom. The quantitative estimate of drug-likeness (QED) is 0.104. The molecule has 4 saturated heterocycles. The molecule has 22 heteroatoms. The molecular weight excluding hydrogens is 1080 g/mol. The van der Waals surface area contributed by atoms with Crippen molar-refractivity contribution in [3.8, 4) is 11.3 Å². The fraction of sp³-hybridized carbons (Fsp3) is 0.444. The number of fused-ring (bicyclic) bond motifs is 4. The summed E-state index contributed by atoms with van der Waals surface area (Å²) in [4.78, 5) is 126. The molecule has 1 atom stereocenters. The molecule has 1 saturated carbocycles. The predicted molar refractivity (Wildman–Crippen MR) is 316 cm³/mol. The van der Waals surface area contributed by atoms with Gasteiger partial charge in [0.15, 0.2) is 5.82 Å². The maximum Gasteiger partial charge on any atom is 0.274 e. The Labute approximate surface area is 491 Å². The van der Waals surface area contributed by atoms with E-state index in [2.05, 4.69) is 42.9 Å². The number of nitrogens with zero attached hydrogens (tertiary/aromatic N) is 11. The molecule has 3 N–H and O–H groups in total. The highest BCUT2D eigenvalue weighted by molar-refractivity contribution is 6.25. The molecule has 9 heterocycles. The molecule has 6 aromatic rings. The summed E-state index contributed by atoms with van der Waals surface area (Å²) in [5.74, 6) is -2.29. The van der Waals surface area contributed by atoms with Crippen molar-refractivity contribution in [2.45, 2.75) is 128 Å². The molecule has 0 bridgehead atoms. The van der Waals surface area contributed by atoms with Crippen LogP contribution in [-0.2, 0) is 19.8 Å². The maximum atomic E-state index is 16.0. The summed E-state index contributed by atoms with van der Waals surface area (Å²) in [5, 5.41) is 8.43. The number of amides is 7. The van der Waals surface area contributed by atoms with Crippen molar-refractivity contribution in [3.63, 3.8) is 0 Å². The van der Waals surface area contributed by atoms with Gasteiger partial charge >= 0.3 is 0 Å². The van der Waals surface area contributed by atoms with E-state index >= 15 is 9.18 Å². The van der Waals surface area contributed by atoms with E-state index in [1.807, 2.05) is 54.2 Å². The highest BCUT2D eigenvalue weighted by atomic mass is 19.1. The molecule has 3 aromatic carbocycles.